The van der Waals surface area contributed by atoms with E-state index < -0.39 is 9.04 Å². The van der Waals surface area contributed by atoms with Gasteiger partial charge in [-0.3, -0.25) is 0 Å². The third kappa shape index (κ3) is 8.14. The van der Waals surface area contributed by atoms with Gasteiger partial charge in [-0.25, -0.2) is 5.48 Å². The summed E-state index contributed by atoms with van der Waals surface area (Å²) < 4.78 is 5.26. The summed E-state index contributed by atoms with van der Waals surface area (Å²) in [5, 5.41) is 0. The molecule has 0 saturated heterocycles. The first-order chi connectivity index (χ1) is 3.92. The monoisotopic (exact) mass is 146 g/mol. The molecule has 0 aromatic heterocycles. The summed E-state index contributed by atoms with van der Waals surface area (Å²) in [7, 11) is -0.579. The minimum Gasteiger partial charge on any atom is -0.346 e. The van der Waals surface area contributed by atoms with Crippen molar-refractivity contribution in [2.45, 2.75) is 39.4 Å². The van der Waals surface area contributed by atoms with E-state index in [1.54, 1.807) is 0 Å². The van der Waals surface area contributed by atoms with Gasteiger partial charge in [0.25, 0.3) is 0 Å². The van der Waals surface area contributed by atoms with E-state index in [1.165, 1.54) is 0 Å². The fourth-order valence-electron chi connectivity index (χ4n) is 0.255. The van der Waals surface area contributed by atoms with E-state index >= 15 is 0 Å². The lowest BCUT2D eigenvalue weighted by Gasteiger charge is -2.21. The molecule has 0 amide bonds. The topological polar surface area (TPSA) is 21.3 Å². The quantitative estimate of drug-likeness (QED) is 0.471. The van der Waals surface area contributed by atoms with Crippen LogP contribution in [0.5, 0.6) is 0 Å². The Bertz CT molecular complexity index is 77.6. The van der Waals surface area contributed by atoms with Crippen LogP contribution < -0.4 is 5.48 Å². The molecule has 0 aliphatic heterocycles. The molecular formula is C6H16NOSi. The maximum absolute atomic E-state index is 5.26. The van der Waals surface area contributed by atoms with Crippen LogP contribution in [0.3, 0.4) is 0 Å². The Kier molecular flexibility index (Phi) is 3.39. The predicted molar refractivity (Wildman–Crippen MR) is 41.5 cm³/mol. The predicted octanol–water partition coefficient (Wildman–Crippen LogP) is 1.56. The second kappa shape index (κ2) is 3.34. The van der Waals surface area contributed by atoms with E-state index in [9.17, 15) is 0 Å². The molecule has 0 fully saturated rings. The largest absolute Gasteiger partial charge is 0.346 e. The van der Waals surface area contributed by atoms with Crippen LogP contribution in [0.2, 0.25) is 13.1 Å². The van der Waals surface area contributed by atoms with Gasteiger partial charge in [0.2, 0.25) is 9.04 Å². The van der Waals surface area contributed by atoms with E-state index in [4.69, 9.17) is 4.53 Å². The fraction of sp³-hybridized carbons (Fsp3) is 1.00. The van der Waals surface area contributed by atoms with Crippen molar-refractivity contribution >= 4 is 9.04 Å². The highest BCUT2D eigenvalue weighted by atomic mass is 28.3. The molecule has 0 bridgehead atoms. The Hall–Kier alpha value is 0.137. The lowest BCUT2D eigenvalue weighted by atomic mass is 10.1. The van der Waals surface area contributed by atoms with Crippen molar-refractivity contribution in [1.82, 2.24) is 5.48 Å². The summed E-state index contributed by atoms with van der Waals surface area (Å²) in [4.78, 5) is 0. The highest BCUT2D eigenvalue weighted by Crippen LogP contribution is 1.98. The van der Waals surface area contributed by atoms with Gasteiger partial charge < -0.3 is 4.53 Å². The normalized spacial score (nSPS) is 12.7. The number of rotatable bonds is 2. The zero-order valence-electron chi connectivity index (χ0n) is 6.91. The minimum absolute atomic E-state index is 0.0853. The van der Waals surface area contributed by atoms with Gasteiger partial charge >= 0.3 is 0 Å². The Balaban J connectivity index is 3.28. The first-order valence-electron chi connectivity index (χ1n) is 3.16. The number of nitrogens with one attached hydrogen (secondary N) is 1. The van der Waals surface area contributed by atoms with E-state index in [1.807, 2.05) is 0 Å². The summed E-state index contributed by atoms with van der Waals surface area (Å²) in [6.45, 7) is 10.4. The van der Waals surface area contributed by atoms with Crippen molar-refractivity contribution in [2.24, 2.45) is 0 Å². The van der Waals surface area contributed by atoms with Gasteiger partial charge in [0.05, 0.1) is 0 Å². The van der Waals surface area contributed by atoms with Crippen LogP contribution in [0.25, 0.3) is 0 Å². The molecule has 0 aliphatic carbocycles. The molecule has 0 spiro atoms. The molecule has 1 radical (unpaired) electrons. The first kappa shape index (κ1) is 9.14. The molecule has 1 N–H and O–H groups in total. The molecular weight excluding hydrogens is 130 g/mol. The standard InChI is InChI=1S/C6H16NOSi/c1-6(2,3)7-8-9(4)5/h7H,1-5H3. The molecule has 0 atom stereocenters. The highest BCUT2D eigenvalue weighted by molar-refractivity contribution is 6.48. The molecule has 3 heteroatoms. The number of hydrogen-bond donors (Lipinski definition) is 1. The first-order valence-corrected chi connectivity index (χ1v) is 5.57. The van der Waals surface area contributed by atoms with Crippen LogP contribution in [-0.4, -0.2) is 14.6 Å². The van der Waals surface area contributed by atoms with Gasteiger partial charge in [-0.05, 0) is 33.9 Å². The van der Waals surface area contributed by atoms with Gasteiger partial charge in [0.15, 0.2) is 0 Å². The maximum Gasteiger partial charge on any atom is 0.235 e. The Morgan fingerprint density at radius 1 is 1.22 bits per heavy atom. The Morgan fingerprint density at radius 3 is 1.78 bits per heavy atom. The van der Waals surface area contributed by atoms with E-state index in [2.05, 4.69) is 39.3 Å². The molecule has 0 aliphatic rings. The van der Waals surface area contributed by atoms with E-state index in [-0.39, 0.29) is 5.54 Å². The molecule has 0 saturated carbocycles. The average molecular weight is 146 g/mol. The van der Waals surface area contributed by atoms with Crippen LogP contribution >= 0.6 is 0 Å². The zero-order chi connectivity index (χ0) is 7.49. The fourth-order valence-corrected chi connectivity index (χ4v) is 0.765. The van der Waals surface area contributed by atoms with Gasteiger partial charge in [0, 0.05) is 5.54 Å². The Morgan fingerprint density at radius 2 is 1.67 bits per heavy atom. The Labute approximate surface area is 59.3 Å². The highest BCUT2D eigenvalue weighted by Gasteiger charge is 2.09. The molecule has 0 aromatic carbocycles. The number of hydrogen-bond acceptors (Lipinski definition) is 2. The molecule has 55 valence electrons. The van der Waals surface area contributed by atoms with Crippen LogP contribution in [0, 0.1) is 0 Å². The van der Waals surface area contributed by atoms with Gasteiger partial charge in [0.1, 0.15) is 0 Å². The smallest absolute Gasteiger partial charge is 0.235 e. The van der Waals surface area contributed by atoms with Gasteiger partial charge in [-0.1, -0.05) is 0 Å². The van der Waals surface area contributed by atoms with Crippen LogP contribution in [0.4, 0.5) is 0 Å². The van der Waals surface area contributed by atoms with E-state index in [0.717, 1.165) is 0 Å². The second-order valence-corrected chi connectivity index (χ2v) is 5.38. The summed E-state index contributed by atoms with van der Waals surface area (Å²) >= 11 is 0. The molecule has 2 nitrogen and oxygen atoms in total. The lowest BCUT2D eigenvalue weighted by molar-refractivity contribution is 0.120. The van der Waals surface area contributed by atoms with Crippen molar-refractivity contribution in [3.63, 3.8) is 0 Å². The molecule has 0 unspecified atom stereocenters. The molecule has 0 aromatic rings. The summed E-state index contributed by atoms with van der Waals surface area (Å²) in [5.74, 6) is 0. The molecule has 0 heterocycles. The third-order valence-corrected chi connectivity index (χ3v) is 1.07. The van der Waals surface area contributed by atoms with Gasteiger partial charge in [-0.2, -0.15) is 0 Å². The minimum atomic E-state index is -0.579. The van der Waals surface area contributed by atoms with Crippen molar-refractivity contribution in [1.29, 1.82) is 0 Å². The summed E-state index contributed by atoms with van der Waals surface area (Å²) in [5.41, 5.74) is 3.05. The SMILES string of the molecule is C[Si](C)ONC(C)(C)C. The van der Waals surface area contributed by atoms with E-state index in [0.29, 0.717) is 0 Å². The van der Waals surface area contributed by atoms with Crippen LogP contribution in [-0.2, 0) is 4.53 Å². The van der Waals surface area contributed by atoms with Crippen molar-refractivity contribution in [2.75, 3.05) is 0 Å². The molecule has 9 heavy (non-hydrogen) atoms. The second-order valence-electron chi connectivity index (χ2n) is 3.36. The zero-order valence-corrected chi connectivity index (χ0v) is 7.91. The average Bonchev–Trinajstić information content (AvgIpc) is 1.59. The summed E-state index contributed by atoms with van der Waals surface area (Å²) in [6.07, 6.45) is 0. The maximum atomic E-state index is 5.26. The van der Waals surface area contributed by atoms with Crippen LogP contribution in [0.1, 0.15) is 20.8 Å². The number of hydroxylamine groups is 1. The van der Waals surface area contributed by atoms with Crippen molar-refractivity contribution < 1.29 is 4.53 Å². The molecule has 0 rings (SSSR count). The van der Waals surface area contributed by atoms with Crippen molar-refractivity contribution in [3.05, 3.63) is 0 Å². The van der Waals surface area contributed by atoms with Crippen molar-refractivity contribution in [3.8, 4) is 0 Å². The summed E-state index contributed by atoms with van der Waals surface area (Å²) in [6, 6.07) is 0. The lowest BCUT2D eigenvalue weighted by Crippen LogP contribution is -2.38. The third-order valence-electron chi connectivity index (χ3n) is 0.561. The van der Waals surface area contributed by atoms with Crippen LogP contribution in [0.15, 0.2) is 0 Å². The van der Waals surface area contributed by atoms with Gasteiger partial charge in [-0.15, -0.1) is 0 Å².